The molecule has 3 heteroatoms. The van der Waals surface area contributed by atoms with Crippen LogP contribution in [-0.2, 0) is 4.79 Å². The number of amides is 1. The quantitative estimate of drug-likeness (QED) is 0.561. The molecule has 1 aliphatic rings. The molecule has 0 aliphatic carbocycles. The van der Waals surface area contributed by atoms with Crippen molar-refractivity contribution in [3.05, 3.63) is 0 Å². The summed E-state index contributed by atoms with van der Waals surface area (Å²) in [6.45, 7) is 3.17. The van der Waals surface area contributed by atoms with Crippen molar-refractivity contribution in [3.63, 3.8) is 0 Å². The van der Waals surface area contributed by atoms with Crippen LogP contribution in [0.15, 0.2) is 0 Å². The van der Waals surface area contributed by atoms with Crippen LogP contribution in [0.25, 0.3) is 0 Å². The van der Waals surface area contributed by atoms with Crippen molar-refractivity contribution in [1.82, 2.24) is 4.90 Å². The molecule has 0 spiro atoms. The topological polar surface area (TPSA) is 40.5 Å². The highest BCUT2D eigenvalue weighted by Crippen LogP contribution is 2.10. The number of hydrogen-bond donors (Lipinski definition) is 1. The number of rotatable bonds is 1. The van der Waals surface area contributed by atoms with E-state index in [4.69, 9.17) is 5.11 Å². The van der Waals surface area contributed by atoms with E-state index in [9.17, 15) is 4.79 Å². The van der Waals surface area contributed by atoms with Crippen LogP contribution in [0.1, 0.15) is 19.8 Å². The summed E-state index contributed by atoms with van der Waals surface area (Å²) in [7, 11) is 0. The maximum atomic E-state index is 11.0. The van der Waals surface area contributed by atoms with Gasteiger partial charge in [0.25, 0.3) is 0 Å². The molecule has 1 unspecified atom stereocenters. The summed E-state index contributed by atoms with van der Waals surface area (Å²) in [4.78, 5) is 12.7. The molecule has 1 saturated heterocycles. The molecule has 0 radical (unpaired) electrons. The second-order valence-corrected chi connectivity index (χ2v) is 2.62. The number of nitrogens with zero attached hydrogens (tertiary/aromatic N) is 1. The zero-order valence-electron chi connectivity index (χ0n) is 6.21. The minimum Gasteiger partial charge on any atom is -0.391 e. The van der Waals surface area contributed by atoms with Gasteiger partial charge in [-0.15, -0.1) is 0 Å². The highest BCUT2D eigenvalue weighted by Gasteiger charge is 2.21. The van der Waals surface area contributed by atoms with E-state index >= 15 is 0 Å². The zero-order chi connectivity index (χ0) is 7.56. The molecule has 1 heterocycles. The smallest absolute Gasteiger partial charge is 0.222 e. The van der Waals surface area contributed by atoms with Gasteiger partial charge >= 0.3 is 0 Å². The van der Waals surface area contributed by atoms with Crippen molar-refractivity contribution in [2.24, 2.45) is 0 Å². The van der Waals surface area contributed by atoms with Crippen LogP contribution in [-0.4, -0.2) is 35.1 Å². The molecule has 1 aliphatic heterocycles. The maximum absolute atomic E-state index is 11.0. The van der Waals surface area contributed by atoms with Crippen molar-refractivity contribution < 1.29 is 9.90 Å². The Labute approximate surface area is 60.6 Å². The highest BCUT2D eigenvalue weighted by atomic mass is 16.3. The lowest BCUT2D eigenvalue weighted by molar-refractivity contribution is -0.136. The number of likely N-dealkylation sites (N-methyl/N-ethyl adjacent to an activating group) is 1. The molecule has 0 aromatic carbocycles. The van der Waals surface area contributed by atoms with Crippen molar-refractivity contribution in [2.45, 2.75) is 25.9 Å². The monoisotopic (exact) mass is 143 g/mol. The summed E-state index contributed by atoms with van der Waals surface area (Å²) in [5.74, 6) is 0.174. The van der Waals surface area contributed by atoms with E-state index in [0.717, 1.165) is 6.54 Å². The summed E-state index contributed by atoms with van der Waals surface area (Å²) < 4.78 is 0. The van der Waals surface area contributed by atoms with E-state index in [1.165, 1.54) is 0 Å². The van der Waals surface area contributed by atoms with Gasteiger partial charge in [0.1, 0.15) is 0 Å². The maximum Gasteiger partial charge on any atom is 0.222 e. The predicted octanol–water partition coefficient (Wildman–Crippen LogP) is -0.0104. The van der Waals surface area contributed by atoms with Crippen molar-refractivity contribution in [3.8, 4) is 0 Å². The average Bonchev–Trinajstić information content (AvgIpc) is 1.94. The Morgan fingerprint density at radius 1 is 1.80 bits per heavy atom. The van der Waals surface area contributed by atoms with Gasteiger partial charge in [-0.2, -0.15) is 0 Å². The first-order valence-electron chi connectivity index (χ1n) is 3.70. The van der Waals surface area contributed by atoms with E-state index in [2.05, 4.69) is 0 Å². The molecule has 0 bridgehead atoms. The fourth-order valence-corrected chi connectivity index (χ4v) is 1.20. The molecule has 58 valence electrons. The number of hydrogen-bond acceptors (Lipinski definition) is 2. The van der Waals surface area contributed by atoms with Crippen LogP contribution in [0.3, 0.4) is 0 Å². The van der Waals surface area contributed by atoms with E-state index in [1.54, 1.807) is 4.90 Å². The molecule has 1 amide bonds. The van der Waals surface area contributed by atoms with E-state index in [1.807, 2.05) is 6.92 Å². The SMILES string of the molecule is CCN1CC(O)CCC1=O. The van der Waals surface area contributed by atoms with Gasteiger partial charge in [0.2, 0.25) is 5.91 Å². The Morgan fingerprint density at radius 3 is 3.00 bits per heavy atom. The summed E-state index contributed by atoms with van der Waals surface area (Å²) in [5, 5.41) is 9.13. The minimum absolute atomic E-state index is 0.174. The summed E-state index contributed by atoms with van der Waals surface area (Å²) in [5.41, 5.74) is 0. The van der Waals surface area contributed by atoms with E-state index in [0.29, 0.717) is 19.4 Å². The van der Waals surface area contributed by atoms with Gasteiger partial charge in [-0.3, -0.25) is 4.79 Å². The third-order valence-electron chi connectivity index (χ3n) is 1.86. The molecular weight excluding hydrogens is 130 g/mol. The second-order valence-electron chi connectivity index (χ2n) is 2.62. The highest BCUT2D eigenvalue weighted by molar-refractivity contribution is 5.76. The molecule has 1 fully saturated rings. The lowest BCUT2D eigenvalue weighted by Crippen LogP contribution is -2.42. The van der Waals surface area contributed by atoms with E-state index < -0.39 is 0 Å². The first-order valence-corrected chi connectivity index (χ1v) is 3.70. The lowest BCUT2D eigenvalue weighted by Gasteiger charge is -2.28. The van der Waals surface area contributed by atoms with Crippen molar-refractivity contribution >= 4 is 5.91 Å². The molecular formula is C7H13NO2. The van der Waals surface area contributed by atoms with Gasteiger partial charge in [-0.05, 0) is 13.3 Å². The number of aliphatic hydroxyl groups is 1. The minimum atomic E-state index is -0.294. The van der Waals surface area contributed by atoms with Gasteiger partial charge in [0, 0.05) is 19.5 Å². The molecule has 0 aromatic heterocycles. The molecule has 3 nitrogen and oxygen atoms in total. The number of likely N-dealkylation sites (tertiary alicyclic amines) is 1. The number of carbonyl (C=O) groups is 1. The van der Waals surface area contributed by atoms with E-state index in [-0.39, 0.29) is 12.0 Å². The standard InChI is InChI=1S/C7H13NO2/c1-2-8-5-6(9)3-4-7(8)10/h6,9H,2-5H2,1H3. The van der Waals surface area contributed by atoms with Crippen molar-refractivity contribution in [2.75, 3.05) is 13.1 Å². The lowest BCUT2D eigenvalue weighted by atomic mass is 10.1. The number of aliphatic hydroxyl groups excluding tert-OH is 1. The van der Waals surface area contributed by atoms with Crippen LogP contribution in [0, 0.1) is 0 Å². The molecule has 1 atom stereocenters. The number of carbonyl (C=O) groups excluding carboxylic acids is 1. The summed E-state index contributed by atoms with van der Waals surface area (Å²) in [6.07, 6.45) is 0.849. The van der Waals surface area contributed by atoms with Gasteiger partial charge in [-0.25, -0.2) is 0 Å². The van der Waals surface area contributed by atoms with Crippen LogP contribution >= 0.6 is 0 Å². The van der Waals surface area contributed by atoms with Gasteiger partial charge in [0.15, 0.2) is 0 Å². The molecule has 1 N–H and O–H groups in total. The predicted molar refractivity (Wildman–Crippen MR) is 37.5 cm³/mol. The number of piperidine rings is 1. The molecule has 0 aromatic rings. The largest absolute Gasteiger partial charge is 0.391 e. The van der Waals surface area contributed by atoms with Crippen molar-refractivity contribution in [1.29, 1.82) is 0 Å². The second kappa shape index (κ2) is 3.01. The van der Waals surface area contributed by atoms with Gasteiger partial charge in [0.05, 0.1) is 6.10 Å². The number of β-amino-alcohol motifs (C(OH)–C–C–N with tert-alkyl or cyclic N) is 1. The molecule has 0 saturated carbocycles. The van der Waals surface area contributed by atoms with Gasteiger partial charge in [-0.1, -0.05) is 0 Å². The average molecular weight is 143 g/mol. The molecule has 1 rings (SSSR count). The van der Waals surface area contributed by atoms with Crippen LogP contribution in [0.5, 0.6) is 0 Å². The third-order valence-corrected chi connectivity index (χ3v) is 1.86. The fourth-order valence-electron chi connectivity index (χ4n) is 1.20. The van der Waals surface area contributed by atoms with Crippen LogP contribution in [0.4, 0.5) is 0 Å². The molecule has 10 heavy (non-hydrogen) atoms. The van der Waals surface area contributed by atoms with Crippen LogP contribution < -0.4 is 0 Å². The normalized spacial score (nSPS) is 27.2. The Balaban J connectivity index is 2.45. The Morgan fingerprint density at radius 2 is 2.50 bits per heavy atom. The Kier molecular flexibility index (Phi) is 2.27. The first-order chi connectivity index (χ1) is 4.74. The van der Waals surface area contributed by atoms with Crippen LogP contribution in [0.2, 0.25) is 0 Å². The Bertz CT molecular complexity index is 136. The third kappa shape index (κ3) is 1.48. The first kappa shape index (κ1) is 7.54. The zero-order valence-corrected chi connectivity index (χ0v) is 6.21. The fraction of sp³-hybridized carbons (Fsp3) is 0.857. The summed E-state index contributed by atoms with van der Waals surface area (Å²) >= 11 is 0. The Hall–Kier alpha value is -0.570. The summed E-state index contributed by atoms with van der Waals surface area (Å²) in [6, 6.07) is 0. The van der Waals surface area contributed by atoms with Gasteiger partial charge < -0.3 is 10.0 Å².